The SMILES string of the molecule is Cc1ccc(N(CC(=O)NCCCc2ccc(F)cc2)S(=O)(=O)c2ccc(Cl)cc2)cc1C. The van der Waals surface area contributed by atoms with Gasteiger partial charge in [-0.25, -0.2) is 12.8 Å². The summed E-state index contributed by atoms with van der Waals surface area (Å²) in [6.07, 6.45) is 1.31. The zero-order valence-corrected chi connectivity index (χ0v) is 20.1. The van der Waals surface area contributed by atoms with Crippen LogP contribution in [0.1, 0.15) is 23.1 Å². The minimum absolute atomic E-state index is 0.0502. The third kappa shape index (κ3) is 6.55. The summed E-state index contributed by atoms with van der Waals surface area (Å²) in [5.41, 5.74) is 3.32. The van der Waals surface area contributed by atoms with E-state index in [1.165, 1.54) is 36.4 Å². The normalized spacial score (nSPS) is 11.3. The van der Waals surface area contributed by atoms with Crippen molar-refractivity contribution in [1.29, 1.82) is 0 Å². The number of aryl methyl sites for hydroxylation is 3. The molecule has 0 aromatic heterocycles. The molecule has 0 radical (unpaired) electrons. The fraction of sp³-hybridized carbons (Fsp3) is 0.240. The van der Waals surface area contributed by atoms with Crippen LogP contribution >= 0.6 is 11.6 Å². The van der Waals surface area contributed by atoms with Gasteiger partial charge < -0.3 is 5.32 Å². The van der Waals surface area contributed by atoms with Crippen LogP contribution in [0.5, 0.6) is 0 Å². The predicted molar refractivity (Wildman–Crippen MR) is 130 cm³/mol. The van der Waals surface area contributed by atoms with E-state index in [1.54, 1.807) is 24.3 Å². The Kier molecular flexibility index (Phi) is 8.10. The maximum Gasteiger partial charge on any atom is 0.264 e. The van der Waals surface area contributed by atoms with Gasteiger partial charge in [0.1, 0.15) is 12.4 Å². The molecule has 0 aliphatic carbocycles. The number of nitrogens with zero attached hydrogens (tertiary/aromatic N) is 1. The second kappa shape index (κ2) is 10.8. The van der Waals surface area contributed by atoms with Gasteiger partial charge in [-0.15, -0.1) is 0 Å². The van der Waals surface area contributed by atoms with Gasteiger partial charge in [-0.2, -0.15) is 0 Å². The zero-order valence-electron chi connectivity index (χ0n) is 18.5. The maximum absolute atomic E-state index is 13.4. The highest BCUT2D eigenvalue weighted by Gasteiger charge is 2.27. The Morgan fingerprint density at radius 3 is 2.27 bits per heavy atom. The molecular formula is C25H26ClFN2O3S. The summed E-state index contributed by atoms with van der Waals surface area (Å²) < 4.78 is 40.9. The molecule has 0 aliphatic rings. The van der Waals surface area contributed by atoms with Crippen LogP contribution in [0.25, 0.3) is 0 Å². The van der Waals surface area contributed by atoms with Crippen molar-refractivity contribution in [3.05, 3.63) is 94.3 Å². The molecule has 8 heteroatoms. The third-order valence-electron chi connectivity index (χ3n) is 5.34. The third-order valence-corrected chi connectivity index (χ3v) is 7.39. The molecule has 0 fully saturated rings. The van der Waals surface area contributed by atoms with Crippen molar-refractivity contribution in [2.45, 2.75) is 31.6 Å². The number of carbonyl (C=O) groups excluding carboxylic acids is 1. The van der Waals surface area contributed by atoms with Gasteiger partial charge in [0.15, 0.2) is 0 Å². The van der Waals surface area contributed by atoms with Gasteiger partial charge >= 0.3 is 0 Å². The molecule has 3 aromatic rings. The van der Waals surface area contributed by atoms with E-state index in [1.807, 2.05) is 19.9 Å². The number of sulfonamides is 1. The molecule has 0 unspecified atom stereocenters. The number of anilines is 1. The number of carbonyl (C=O) groups is 1. The highest BCUT2D eigenvalue weighted by Crippen LogP contribution is 2.26. The molecule has 174 valence electrons. The average Bonchev–Trinajstić information content (AvgIpc) is 2.78. The van der Waals surface area contributed by atoms with E-state index >= 15 is 0 Å². The number of nitrogens with one attached hydrogen (secondary N) is 1. The molecule has 3 rings (SSSR count). The Morgan fingerprint density at radius 2 is 1.64 bits per heavy atom. The van der Waals surface area contributed by atoms with E-state index < -0.39 is 15.9 Å². The minimum Gasteiger partial charge on any atom is -0.355 e. The van der Waals surface area contributed by atoms with Crippen molar-refractivity contribution in [2.24, 2.45) is 0 Å². The Hall–Kier alpha value is -2.90. The van der Waals surface area contributed by atoms with E-state index in [9.17, 15) is 17.6 Å². The van der Waals surface area contributed by atoms with Crippen molar-refractivity contribution < 1.29 is 17.6 Å². The smallest absolute Gasteiger partial charge is 0.264 e. The Labute approximate surface area is 199 Å². The summed E-state index contributed by atoms with van der Waals surface area (Å²) in [6, 6.07) is 17.3. The summed E-state index contributed by atoms with van der Waals surface area (Å²) in [4.78, 5) is 12.7. The van der Waals surface area contributed by atoms with Gasteiger partial charge in [-0.05, 0) is 91.9 Å². The molecule has 1 N–H and O–H groups in total. The molecular weight excluding hydrogens is 463 g/mol. The quantitative estimate of drug-likeness (QED) is 0.429. The topological polar surface area (TPSA) is 66.5 Å². The summed E-state index contributed by atoms with van der Waals surface area (Å²) in [7, 11) is -3.99. The van der Waals surface area contributed by atoms with Crippen molar-refractivity contribution in [3.63, 3.8) is 0 Å². The molecule has 0 aliphatic heterocycles. The van der Waals surface area contributed by atoms with Crippen LogP contribution in [0.2, 0.25) is 5.02 Å². The summed E-state index contributed by atoms with van der Waals surface area (Å²) in [6.45, 7) is 3.84. The summed E-state index contributed by atoms with van der Waals surface area (Å²) >= 11 is 5.91. The van der Waals surface area contributed by atoms with Crippen LogP contribution in [0, 0.1) is 19.7 Å². The van der Waals surface area contributed by atoms with Crippen molar-refractivity contribution >= 4 is 33.2 Å². The predicted octanol–water partition coefficient (Wildman–Crippen LogP) is 5.04. The molecule has 1 amide bonds. The highest BCUT2D eigenvalue weighted by molar-refractivity contribution is 7.92. The first-order chi connectivity index (χ1) is 15.7. The molecule has 0 heterocycles. The Bertz CT molecular complexity index is 1210. The number of hydrogen-bond donors (Lipinski definition) is 1. The minimum atomic E-state index is -3.99. The van der Waals surface area contributed by atoms with Gasteiger partial charge in [-0.1, -0.05) is 29.8 Å². The van der Waals surface area contributed by atoms with Gasteiger partial charge in [0, 0.05) is 11.6 Å². The second-order valence-corrected chi connectivity index (χ2v) is 10.1. The first kappa shape index (κ1) is 24.7. The molecule has 0 saturated heterocycles. The van der Waals surface area contributed by atoms with Crippen molar-refractivity contribution in [3.8, 4) is 0 Å². The molecule has 5 nitrogen and oxygen atoms in total. The van der Waals surface area contributed by atoms with E-state index in [4.69, 9.17) is 11.6 Å². The van der Waals surface area contributed by atoms with Gasteiger partial charge in [-0.3, -0.25) is 9.10 Å². The number of rotatable bonds is 9. The van der Waals surface area contributed by atoms with Crippen LogP contribution in [0.4, 0.5) is 10.1 Å². The molecule has 3 aromatic carbocycles. The first-order valence-corrected chi connectivity index (χ1v) is 12.4. The highest BCUT2D eigenvalue weighted by atomic mass is 35.5. The van der Waals surface area contributed by atoms with Gasteiger partial charge in [0.05, 0.1) is 10.6 Å². The standard InChI is InChI=1S/C25H26ClFN2O3S/c1-18-5-12-23(16-19(18)2)29(33(31,32)24-13-8-21(26)9-14-24)17-25(30)28-15-3-4-20-6-10-22(27)11-7-20/h5-14,16H,3-4,15,17H2,1-2H3,(H,28,30). The lowest BCUT2D eigenvalue weighted by molar-refractivity contribution is -0.119. The Morgan fingerprint density at radius 1 is 0.970 bits per heavy atom. The largest absolute Gasteiger partial charge is 0.355 e. The van der Waals surface area contributed by atoms with Crippen LogP contribution in [-0.4, -0.2) is 27.4 Å². The monoisotopic (exact) mass is 488 g/mol. The van der Waals surface area contributed by atoms with Gasteiger partial charge in [0.25, 0.3) is 10.0 Å². The molecule has 33 heavy (non-hydrogen) atoms. The summed E-state index contributed by atoms with van der Waals surface area (Å²) in [5, 5.41) is 3.20. The molecule has 0 spiro atoms. The molecule has 0 saturated carbocycles. The Balaban J connectivity index is 1.73. The van der Waals surface area contributed by atoms with Crippen LogP contribution in [0.15, 0.2) is 71.6 Å². The molecule has 0 bridgehead atoms. The van der Waals surface area contributed by atoms with Crippen LogP contribution < -0.4 is 9.62 Å². The lowest BCUT2D eigenvalue weighted by Crippen LogP contribution is -2.41. The fourth-order valence-electron chi connectivity index (χ4n) is 3.29. The van der Waals surface area contributed by atoms with Gasteiger partial charge in [0.2, 0.25) is 5.91 Å². The van der Waals surface area contributed by atoms with E-state index in [-0.39, 0.29) is 17.3 Å². The maximum atomic E-state index is 13.4. The number of halogens is 2. The van der Waals surface area contributed by atoms with E-state index in [0.717, 1.165) is 21.0 Å². The number of amides is 1. The van der Waals surface area contributed by atoms with Crippen LogP contribution in [0.3, 0.4) is 0 Å². The van der Waals surface area contributed by atoms with Crippen LogP contribution in [-0.2, 0) is 21.2 Å². The lowest BCUT2D eigenvalue weighted by atomic mass is 10.1. The fourth-order valence-corrected chi connectivity index (χ4v) is 4.83. The number of benzene rings is 3. The average molecular weight is 489 g/mol. The number of hydrogen-bond acceptors (Lipinski definition) is 3. The lowest BCUT2D eigenvalue weighted by Gasteiger charge is -2.25. The first-order valence-electron chi connectivity index (χ1n) is 10.5. The van der Waals surface area contributed by atoms with E-state index in [2.05, 4.69) is 5.32 Å². The zero-order chi connectivity index (χ0) is 24.0. The summed E-state index contributed by atoms with van der Waals surface area (Å²) in [5.74, 6) is -0.703. The van der Waals surface area contributed by atoms with E-state index in [0.29, 0.717) is 30.1 Å². The molecule has 0 atom stereocenters. The van der Waals surface area contributed by atoms with Crippen molar-refractivity contribution in [2.75, 3.05) is 17.4 Å². The second-order valence-electron chi connectivity index (χ2n) is 7.81. The van der Waals surface area contributed by atoms with Crippen molar-refractivity contribution in [1.82, 2.24) is 5.32 Å².